The number of carbonyl (C=O) groups is 1. The molecule has 2 aliphatic rings. The summed E-state index contributed by atoms with van der Waals surface area (Å²) in [5, 5.41) is 18.1. The summed E-state index contributed by atoms with van der Waals surface area (Å²) in [5.74, 6) is -0.0348. The zero-order chi connectivity index (χ0) is 14.3. The van der Waals surface area contributed by atoms with Gasteiger partial charge in [0.2, 0.25) is 0 Å². The molecule has 20 heavy (non-hydrogen) atoms. The van der Waals surface area contributed by atoms with E-state index in [2.05, 4.69) is 4.90 Å². The van der Waals surface area contributed by atoms with Gasteiger partial charge < -0.3 is 19.7 Å². The number of aromatic hydroxyl groups is 1. The number of rotatable bonds is 4. The lowest BCUT2D eigenvalue weighted by molar-refractivity contribution is -0.170. The average molecular weight is 279 g/mol. The molecule has 0 saturated carbocycles. The highest BCUT2D eigenvalue weighted by Crippen LogP contribution is 2.42. The van der Waals surface area contributed by atoms with Gasteiger partial charge in [0.15, 0.2) is 0 Å². The van der Waals surface area contributed by atoms with Crippen molar-refractivity contribution in [3.63, 3.8) is 0 Å². The molecule has 0 bridgehead atoms. The van der Waals surface area contributed by atoms with Crippen molar-refractivity contribution < 1.29 is 24.5 Å². The molecule has 6 heteroatoms. The van der Waals surface area contributed by atoms with Crippen LogP contribution in [0.25, 0.3) is 0 Å². The molecule has 2 aliphatic heterocycles. The molecular formula is C14H17NO5. The number of carboxylic acid groups (broad SMARTS) is 1. The molecule has 1 fully saturated rings. The summed E-state index contributed by atoms with van der Waals surface area (Å²) in [6.45, 7) is 3.55. The number of phenols is 1. The van der Waals surface area contributed by atoms with Crippen molar-refractivity contribution >= 4 is 5.97 Å². The van der Waals surface area contributed by atoms with Crippen molar-refractivity contribution in [2.24, 2.45) is 0 Å². The molecule has 108 valence electrons. The Morgan fingerprint density at radius 3 is 3.00 bits per heavy atom. The average Bonchev–Trinajstić information content (AvgIpc) is 2.75. The molecule has 2 heterocycles. The summed E-state index contributed by atoms with van der Waals surface area (Å²) in [5.41, 5.74) is 0.654. The third kappa shape index (κ3) is 2.32. The molecule has 1 atom stereocenters. The number of benzene rings is 1. The van der Waals surface area contributed by atoms with Crippen LogP contribution in [0.5, 0.6) is 11.5 Å². The molecule has 0 spiro atoms. The van der Waals surface area contributed by atoms with Crippen molar-refractivity contribution in [1.82, 2.24) is 4.90 Å². The second-order valence-corrected chi connectivity index (χ2v) is 5.59. The maximum absolute atomic E-state index is 10.5. The van der Waals surface area contributed by atoms with Crippen LogP contribution in [0, 0.1) is 0 Å². The van der Waals surface area contributed by atoms with E-state index in [1.54, 1.807) is 12.1 Å². The summed E-state index contributed by atoms with van der Waals surface area (Å²) in [6.07, 6.45) is 0. The van der Waals surface area contributed by atoms with E-state index in [1.165, 1.54) is 0 Å². The highest BCUT2D eigenvalue weighted by atomic mass is 16.5. The molecule has 0 amide bonds. The third-order valence-corrected chi connectivity index (χ3v) is 3.81. The Labute approximate surface area is 116 Å². The van der Waals surface area contributed by atoms with Crippen molar-refractivity contribution in [2.75, 3.05) is 26.3 Å². The van der Waals surface area contributed by atoms with E-state index >= 15 is 0 Å². The van der Waals surface area contributed by atoms with Gasteiger partial charge in [-0.05, 0) is 19.1 Å². The van der Waals surface area contributed by atoms with Gasteiger partial charge in [-0.25, -0.2) is 4.79 Å². The number of ether oxygens (including phenoxy) is 2. The van der Waals surface area contributed by atoms with Crippen LogP contribution in [-0.4, -0.2) is 53.0 Å². The Kier molecular flexibility index (Phi) is 3.07. The lowest BCUT2D eigenvalue weighted by atomic mass is 9.92. The zero-order valence-electron chi connectivity index (χ0n) is 11.2. The molecule has 1 unspecified atom stereocenters. The minimum Gasteiger partial charge on any atom is -0.508 e. The number of carboxylic acids is 1. The summed E-state index contributed by atoms with van der Waals surface area (Å²) in [7, 11) is 0. The number of aliphatic carboxylic acids is 1. The normalized spacial score (nSPS) is 23.8. The van der Waals surface area contributed by atoms with Crippen LogP contribution >= 0.6 is 0 Å². The third-order valence-electron chi connectivity index (χ3n) is 3.81. The van der Waals surface area contributed by atoms with Crippen LogP contribution in [0.3, 0.4) is 0 Å². The predicted molar refractivity (Wildman–Crippen MR) is 69.9 cm³/mol. The molecule has 0 radical (unpaired) electrons. The minimum absolute atomic E-state index is 0.145. The van der Waals surface area contributed by atoms with Gasteiger partial charge in [0.1, 0.15) is 24.7 Å². The quantitative estimate of drug-likeness (QED) is 0.856. The summed E-state index contributed by atoms with van der Waals surface area (Å²) in [6, 6.07) is 5.29. The molecule has 1 aromatic carbocycles. The summed E-state index contributed by atoms with van der Waals surface area (Å²) < 4.78 is 11.0. The fourth-order valence-corrected chi connectivity index (χ4v) is 2.84. The fraction of sp³-hybridized carbons (Fsp3) is 0.500. The Balaban J connectivity index is 1.63. The van der Waals surface area contributed by atoms with E-state index in [0.29, 0.717) is 19.7 Å². The summed E-state index contributed by atoms with van der Waals surface area (Å²) >= 11 is 0. The highest BCUT2D eigenvalue weighted by molar-refractivity contribution is 5.68. The van der Waals surface area contributed by atoms with E-state index in [1.807, 2.05) is 13.0 Å². The van der Waals surface area contributed by atoms with Crippen molar-refractivity contribution in [1.29, 1.82) is 0 Å². The van der Waals surface area contributed by atoms with E-state index in [4.69, 9.17) is 14.6 Å². The highest BCUT2D eigenvalue weighted by Gasteiger charge is 2.45. The summed E-state index contributed by atoms with van der Waals surface area (Å²) in [4.78, 5) is 12.7. The van der Waals surface area contributed by atoms with Gasteiger partial charge in [-0.1, -0.05) is 0 Å². The monoisotopic (exact) mass is 279 g/mol. The van der Waals surface area contributed by atoms with Crippen LogP contribution in [0.1, 0.15) is 18.5 Å². The van der Waals surface area contributed by atoms with Crippen molar-refractivity contribution in [3.05, 3.63) is 23.8 Å². The number of hydrogen-bond acceptors (Lipinski definition) is 5. The van der Waals surface area contributed by atoms with Crippen LogP contribution in [0.2, 0.25) is 0 Å². The van der Waals surface area contributed by atoms with Gasteiger partial charge in [0.05, 0.1) is 11.6 Å². The lowest BCUT2D eigenvalue weighted by Gasteiger charge is -2.49. The maximum atomic E-state index is 10.5. The largest absolute Gasteiger partial charge is 0.508 e. The Hall–Kier alpha value is -1.79. The van der Waals surface area contributed by atoms with Crippen molar-refractivity contribution in [3.8, 4) is 11.5 Å². The predicted octanol–water partition coefficient (Wildman–Crippen LogP) is 1.00. The second-order valence-electron chi connectivity index (χ2n) is 5.59. The first-order valence-electron chi connectivity index (χ1n) is 6.52. The van der Waals surface area contributed by atoms with Crippen LogP contribution in [0.15, 0.2) is 18.2 Å². The van der Waals surface area contributed by atoms with E-state index in [9.17, 15) is 9.90 Å². The molecule has 0 aliphatic carbocycles. The van der Waals surface area contributed by atoms with Gasteiger partial charge in [-0.15, -0.1) is 0 Å². The Morgan fingerprint density at radius 2 is 2.30 bits per heavy atom. The van der Waals surface area contributed by atoms with Crippen LogP contribution in [-0.2, 0) is 9.53 Å². The van der Waals surface area contributed by atoms with Gasteiger partial charge >= 0.3 is 5.97 Å². The first kappa shape index (κ1) is 13.2. The smallest absolute Gasteiger partial charge is 0.329 e. The Morgan fingerprint density at radius 1 is 1.55 bits per heavy atom. The van der Waals surface area contributed by atoms with E-state index in [-0.39, 0.29) is 18.4 Å². The van der Waals surface area contributed by atoms with Gasteiger partial charge in [0, 0.05) is 24.7 Å². The minimum atomic E-state index is -0.949. The SMILES string of the molecule is CC1(OCC(=O)O)CN(C2COc3cc(O)ccc32)C1. The maximum Gasteiger partial charge on any atom is 0.329 e. The number of likely N-dealkylation sites (tertiary alicyclic amines) is 1. The van der Waals surface area contributed by atoms with Crippen LogP contribution < -0.4 is 4.74 Å². The lowest BCUT2D eigenvalue weighted by Crippen LogP contribution is -2.62. The molecule has 3 rings (SSSR count). The molecular weight excluding hydrogens is 262 g/mol. The molecule has 6 nitrogen and oxygen atoms in total. The number of fused-ring (bicyclic) bond motifs is 1. The van der Waals surface area contributed by atoms with Crippen LogP contribution in [0.4, 0.5) is 0 Å². The molecule has 2 N–H and O–H groups in total. The molecule has 0 aromatic heterocycles. The first-order valence-corrected chi connectivity index (χ1v) is 6.52. The Bertz CT molecular complexity index is 538. The number of phenolic OH excluding ortho intramolecular Hbond substituents is 1. The van der Waals surface area contributed by atoms with E-state index < -0.39 is 11.6 Å². The molecule has 1 saturated heterocycles. The van der Waals surface area contributed by atoms with Gasteiger partial charge in [0.25, 0.3) is 0 Å². The van der Waals surface area contributed by atoms with Crippen molar-refractivity contribution in [2.45, 2.75) is 18.6 Å². The molecule has 1 aromatic rings. The second kappa shape index (κ2) is 4.64. The first-order chi connectivity index (χ1) is 9.47. The number of nitrogens with zero attached hydrogens (tertiary/aromatic N) is 1. The fourth-order valence-electron chi connectivity index (χ4n) is 2.84. The van der Waals surface area contributed by atoms with Gasteiger partial charge in [-0.2, -0.15) is 0 Å². The van der Waals surface area contributed by atoms with E-state index in [0.717, 1.165) is 11.3 Å². The topological polar surface area (TPSA) is 79.2 Å². The van der Waals surface area contributed by atoms with Gasteiger partial charge in [-0.3, -0.25) is 4.90 Å². The number of hydrogen-bond donors (Lipinski definition) is 2. The zero-order valence-corrected chi connectivity index (χ0v) is 11.2. The standard InChI is InChI=1S/C14H17NO5/c1-14(20-6-13(17)18)7-15(8-14)11-5-19-12-4-9(16)2-3-10(11)12/h2-4,11,16H,5-8H2,1H3,(H,17,18).